The second-order valence-electron chi connectivity index (χ2n) is 7.44. The number of ether oxygens (including phenoxy) is 1. The minimum atomic E-state index is -4.46. The van der Waals surface area contributed by atoms with Gasteiger partial charge in [-0.15, -0.1) is 0 Å². The van der Waals surface area contributed by atoms with Crippen LogP contribution in [0.15, 0.2) is 29.2 Å². The summed E-state index contributed by atoms with van der Waals surface area (Å²) >= 11 is 0. The number of amides is 2. The fourth-order valence-corrected chi connectivity index (χ4v) is 4.97. The molecule has 31 heavy (non-hydrogen) atoms. The van der Waals surface area contributed by atoms with Gasteiger partial charge in [0.15, 0.2) is 0 Å². The van der Waals surface area contributed by atoms with Crippen LogP contribution in [0.2, 0.25) is 0 Å². The van der Waals surface area contributed by atoms with Gasteiger partial charge in [0, 0.05) is 37.7 Å². The Bertz CT molecular complexity index is 891. The molecule has 0 aromatic heterocycles. The highest BCUT2D eigenvalue weighted by Gasteiger charge is 2.32. The van der Waals surface area contributed by atoms with Crippen molar-refractivity contribution in [1.82, 2.24) is 14.5 Å². The third-order valence-corrected chi connectivity index (χ3v) is 7.24. The Morgan fingerprint density at radius 3 is 2.16 bits per heavy atom. The van der Waals surface area contributed by atoms with E-state index in [4.69, 9.17) is 4.74 Å². The summed E-state index contributed by atoms with van der Waals surface area (Å²) in [5, 5.41) is 1.88. The first-order chi connectivity index (χ1) is 14.6. The topological polar surface area (TPSA) is 96.0 Å². The summed E-state index contributed by atoms with van der Waals surface area (Å²) in [6.07, 6.45) is -3.94. The highest BCUT2D eigenvalue weighted by Crippen LogP contribution is 2.22. The van der Waals surface area contributed by atoms with E-state index < -0.39 is 34.6 Å². The molecule has 0 aliphatic carbocycles. The molecule has 2 aliphatic rings. The van der Waals surface area contributed by atoms with Gasteiger partial charge in [0.1, 0.15) is 6.54 Å². The quantitative estimate of drug-likeness (QED) is 0.709. The van der Waals surface area contributed by atoms with Gasteiger partial charge in [0.2, 0.25) is 15.9 Å². The molecular formula is C19H24F3N3O5S. The summed E-state index contributed by atoms with van der Waals surface area (Å²) in [5.41, 5.74) is 0.306. The maximum atomic E-state index is 12.7. The molecule has 2 amide bonds. The first kappa shape index (κ1) is 23.5. The standard InChI is InChI=1S/C19H24F3N3O5S/c20-19(21,22)13-23-17(26)14-5-7-24(8-6-14)18(27)15-1-3-16(4-2-15)31(28,29)25-9-11-30-12-10-25/h1-4,14H,5-13H2,(H,23,26). The maximum absolute atomic E-state index is 12.7. The second-order valence-corrected chi connectivity index (χ2v) is 9.38. The van der Waals surface area contributed by atoms with Crippen LogP contribution in [0.5, 0.6) is 0 Å². The van der Waals surface area contributed by atoms with E-state index in [0.717, 1.165) is 0 Å². The average molecular weight is 463 g/mol. The van der Waals surface area contributed by atoms with E-state index in [0.29, 0.717) is 18.8 Å². The zero-order valence-electron chi connectivity index (χ0n) is 16.7. The van der Waals surface area contributed by atoms with Gasteiger partial charge < -0.3 is 15.0 Å². The number of nitrogens with zero attached hydrogens (tertiary/aromatic N) is 2. The van der Waals surface area contributed by atoms with Crippen LogP contribution in [0, 0.1) is 5.92 Å². The number of likely N-dealkylation sites (tertiary alicyclic amines) is 1. The molecule has 0 unspecified atom stereocenters. The van der Waals surface area contributed by atoms with E-state index in [1.807, 2.05) is 5.32 Å². The Balaban J connectivity index is 1.56. The minimum absolute atomic E-state index is 0.0889. The van der Waals surface area contributed by atoms with Crippen molar-refractivity contribution in [2.45, 2.75) is 23.9 Å². The van der Waals surface area contributed by atoms with Crippen molar-refractivity contribution < 1.29 is 35.9 Å². The molecule has 0 bridgehead atoms. The number of carbonyl (C=O) groups excluding carboxylic acids is 2. The van der Waals surface area contributed by atoms with Crippen LogP contribution in [0.25, 0.3) is 0 Å². The van der Waals surface area contributed by atoms with Crippen molar-refractivity contribution in [1.29, 1.82) is 0 Å². The van der Waals surface area contributed by atoms with Gasteiger partial charge in [-0.25, -0.2) is 8.42 Å². The number of hydrogen-bond donors (Lipinski definition) is 1. The van der Waals surface area contributed by atoms with Gasteiger partial charge in [0.05, 0.1) is 18.1 Å². The fraction of sp³-hybridized carbons (Fsp3) is 0.579. The highest BCUT2D eigenvalue weighted by molar-refractivity contribution is 7.89. The predicted octanol–water partition coefficient (Wildman–Crippen LogP) is 1.24. The van der Waals surface area contributed by atoms with Gasteiger partial charge >= 0.3 is 6.18 Å². The number of morpholine rings is 1. The van der Waals surface area contributed by atoms with Crippen molar-refractivity contribution in [2.24, 2.45) is 5.92 Å². The SMILES string of the molecule is O=C(NCC(F)(F)F)C1CCN(C(=O)c2ccc(S(=O)(=O)N3CCOCC3)cc2)CC1. The molecular weight excluding hydrogens is 439 g/mol. The Morgan fingerprint density at radius 2 is 1.61 bits per heavy atom. The van der Waals surface area contributed by atoms with E-state index in [2.05, 4.69) is 0 Å². The molecule has 2 heterocycles. The molecule has 0 saturated carbocycles. The summed E-state index contributed by atoms with van der Waals surface area (Å²) in [4.78, 5) is 26.2. The van der Waals surface area contributed by atoms with E-state index in [1.54, 1.807) is 0 Å². The van der Waals surface area contributed by atoms with Crippen molar-refractivity contribution in [3.05, 3.63) is 29.8 Å². The molecule has 3 rings (SSSR count). The first-order valence-electron chi connectivity index (χ1n) is 9.89. The van der Waals surface area contributed by atoms with E-state index in [9.17, 15) is 31.2 Å². The van der Waals surface area contributed by atoms with Crippen molar-refractivity contribution in [3.63, 3.8) is 0 Å². The smallest absolute Gasteiger partial charge is 0.379 e. The summed E-state index contributed by atoms with van der Waals surface area (Å²) in [5.74, 6) is -1.56. The van der Waals surface area contributed by atoms with Gasteiger partial charge in [-0.1, -0.05) is 0 Å². The van der Waals surface area contributed by atoms with Crippen molar-refractivity contribution >= 4 is 21.8 Å². The van der Waals surface area contributed by atoms with Crippen molar-refractivity contribution in [3.8, 4) is 0 Å². The largest absolute Gasteiger partial charge is 0.405 e. The first-order valence-corrected chi connectivity index (χ1v) is 11.3. The lowest BCUT2D eigenvalue weighted by atomic mass is 9.95. The van der Waals surface area contributed by atoms with E-state index in [1.165, 1.54) is 33.5 Å². The summed E-state index contributed by atoms with van der Waals surface area (Å²) < 4.78 is 68.5. The molecule has 0 atom stereocenters. The Labute approximate surface area is 178 Å². The number of sulfonamides is 1. The van der Waals surface area contributed by atoms with Crippen LogP contribution >= 0.6 is 0 Å². The number of carbonyl (C=O) groups is 2. The molecule has 1 aromatic carbocycles. The molecule has 172 valence electrons. The minimum Gasteiger partial charge on any atom is -0.379 e. The van der Waals surface area contributed by atoms with E-state index in [-0.39, 0.29) is 49.8 Å². The summed E-state index contributed by atoms with van der Waals surface area (Å²) in [6.45, 7) is 0.307. The average Bonchev–Trinajstić information content (AvgIpc) is 2.77. The summed E-state index contributed by atoms with van der Waals surface area (Å²) in [7, 11) is -3.66. The van der Waals surface area contributed by atoms with Crippen LogP contribution in [0.1, 0.15) is 23.2 Å². The molecule has 2 fully saturated rings. The van der Waals surface area contributed by atoms with Gasteiger partial charge in [-0.2, -0.15) is 17.5 Å². The maximum Gasteiger partial charge on any atom is 0.405 e. The van der Waals surface area contributed by atoms with Crippen molar-refractivity contribution in [2.75, 3.05) is 45.9 Å². The van der Waals surface area contributed by atoms with Crippen LogP contribution in [0.3, 0.4) is 0 Å². The molecule has 2 aliphatic heterocycles. The fourth-order valence-electron chi connectivity index (χ4n) is 3.56. The highest BCUT2D eigenvalue weighted by atomic mass is 32.2. The Kier molecular flexibility index (Phi) is 7.22. The number of alkyl halides is 3. The second kappa shape index (κ2) is 9.53. The molecule has 12 heteroatoms. The lowest BCUT2D eigenvalue weighted by molar-refractivity contribution is -0.141. The Morgan fingerprint density at radius 1 is 1.03 bits per heavy atom. The number of piperidine rings is 1. The number of rotatable bonds is 5. The zero-order valence-corrected chi connectivity index (χ0v) is 17.5. The van der Waals surface area contributed by atoms with Crippen LogP contribution in [-0.4, -0.2) is 81.6 Å². The number of halogens is 3. The molecule has 0 radical (unpaired) electrons. The Hall–Kier alpha value is -2.18. The monoisotopic (exact) mass is 463 g/mol. The molecule has 1 aromatic rings. The third kappa shape index (κ3) is 5.95. The van der Waals surface area contributed by atoms with Gasteiger partial charge in [0.25, 0.3) is 5.91 Å². The zero-order chi connectivity index (χ0) is 22.6. The van der Waals surface area contributed by atoms with Crippen LogP contribution < -0.4 is 5.32 Å². The molecule has 1 N–H and O–H groups in total. The molecule has 2 saturated heterocycles. The lowest BCUT2D eigenvalue weighted by Crippen LogP contribution is -2.44. The number of hydrogen-bond acceptors (Lipinski definition) is 5. The predicted molar refractivity (Wildman–Crippen MR) is 104 cm³/mol. The van der Waals surface area contributed by atoms with Crippen LogP contribution in [0.4, 0.5) is 13.2 Å². The molecule has 8 nitrogen and oxygen atoms in total. The van der Waals surface area contributed by atoms with E-state index >= 15 is 0 Å². The number of nitrogens with one attached hydrogen (secondary N) is 1. The third-order valence-electron chi connectivity index (χ3n) is 5.33. The lowest BCUT2D eigenvalue weighted by Gasteiger charge is -2.31. The number of benzene rings is 1. The van der Waals surface area contributed by atoms with Gasteiger partial charge in [-0.3, -0.25) is 9.59 Å². The molecule has 0 spiro atoms. The normalized spacial score (nSPS) is 19.3. The van der Waals surface area contributed by atoms with Crippen LogP contribution in [-0.2, 0) is 19.6 Å². The van der Waals surface area contributed by atoms with Gasteiger partial charge in [-0.05, 0) is 37.1 Å². The summed E-state index contributed by atoms with van der Waals surface area (Å²) in [6, 6.07) is 5.65.